The fraction of sp³-hybridized carbons (Fsp3) is 0.357. The van der Waals surface area contributed by atoms with E-state index in [2.05, 4.69) is 5.43 Å². The number of benzene rings is 1. The summed E-state index contributed by atoms with van der Waals surface area (Å²) in [6.07, 6.45) is 4.25. The molecule has 1 aliphatic rings. The van der Waals surface area contributed by atoms with Crippen LogP contribution in [0.5, 0.6) is 0 Å². The Labute approximate surface area is 105 Å². The van der Waals surface area contributed by atoms with Gasteiger partial charge in [0, 0.05) is 11.1 Å². The van der Waals surface area contributed by atoms with E-state index in [-0.39, 0.29) is 5.82 Å². The molecule has 18 heavy (non-hydrogen) atoms. The summed E-state index contributed by atoms with van der Waals surface area (Å²) < 4.78 is 13.5. The van der Waals surface area contributed by atoms with Crippen LogP contribution in [0.25, 0.3) is 10.9 Å². The molecule has 1 aromatic heterocycles. The number of halogens is 1. The van der Waals surface area contributed by atoms with Crippen LogP contribution in [0.3, 0.4) is 0 Å². The predicted molar refractivity (Wildman–Crippen MR) is 70.9 cm³/mol. The van der Waals surface area contributed by atoms with Gasteiger partial charge in [0.25, 0.3) is 0 Å². The van der Waals surface area contributed by atoms with Gasteiger partial charge in [0.1, 0.15) is 5.82 Å². The molecule has 3 rings (SSSR count). The third-order valence-corrected chi connectivity index (χ3v) is 3.67. The minimum absolute atomic E-state index is 0.242. The van der Waals surface area contributed by atoms with Crippen molar-refractivity contribution in [3.8, 4) is 0 Å². The molecule has 1 aromatic carbocycles. The molecule has 3 nitrogen and oxygen atoms in total. The molecule has 0 radical (unpaired) electrons. The Bertz CT molecular complexity index is 622. The highest BCUT2D eigenvalue weighted by molar-refractivity contribution is 5.95. The van der Waals surface area contributed by atoms with Crippen molar-refractivity contribution in [3.63, 3.8) is 0 Å². The smallest absolute Gasteiger partial charge is 0.124 e. The van der Waals surface area contributed by atoms with Gasteiger partial charge in [-0.25, -0.2) is 4.39 Å². The van der Waals surface area contributed by atoms with E-state index in [9.17, 15) is 4.39 Å². The van der Waals surface area contributed by atoms with E-state index in [1.165, 1.54) is 12.1 Å². The molecule has 0 saturated heterocycles. The van der Waals surface area contributed by atoms with E-state index in [0.29, 0.717) is 0 Å². The highest BCUT2D eigenvalue weighted by atomic mass is 19.1. The number of nitrogens with two attached hydrogens (primary N) is 1. The number of nitrogens with one attached hydrogen (secondary N) is 1. The number of anilines is 1. The summed E-state index contributed by atoms with van der Waals surface area (Å²) in [7, 11) is 0. The van der Waals surface area contributed by atoms with Crippen LogP contribution in [-0.4, -0.2) is 4.98 Å². The molecule has 2 aromatic rings. The first kappa shape index (κ1) is 11.4. The number of hydrogen-bond donors (Lipinski definition) is 2. The third kappa shape index (κ3) is 1.64. The predicted octanol–water partition coefficient (Wildman–Crippen LogP) is 2.85. The molecule has 0 fully saturated rings. The zero-order chi connectivity index (χ0) is 12.7. The van der Waals surface area contributed by atoms with E-state index >= 15 is 0 Å². The van der Waals surface area contributed by atoms with Crippen molar-refractivity contribution in [1.29, 1.82) is 0 Å². The number of nitrogen functional groups attached to an aromatic ring is 1. The lowest BCUT2D eigenvalue weighted by molar-refractivity contribution is 0.628. The number of pyridine rings is 1. The van der Waals surface area contributed by atoms with Crippen molar-refractivity contribution in [2.45, 2.75) is 32.6 Å². The second-order valence-electron chi connectivity index (χ2n) is 4.88. The average molecular weight is 245 g/mol. The lowest BCUT2D eigenvalue weighted by Gasteiger charge is -2.20. The van der Waals surface area contributed by atoms with E-state index < -0.39 is 0 Å². The normalized spacial score (nSPS) is 14.6. The topological polar surface area (TPSA) is 50.9 Å². The fourth-order valence-corrected chi connectivity index (χ4v) is 2.82. The van der Waals surface area contributed by atoms with Crippen molar-refractivity contribution < 1.29 is 4.39 Å². The molecule has 1 heterocycles. The summed E-state index contributed by atoms with van der Waals surface area (Å²) in [5.74, 6) is 5.40. The molecule has 0 atom stereocenters. The molecular weight excluding hydrogens is 229 g/mol. The van der Waals surface area contributed by atoms with Gasteiger partial charge < -0.3 is 5.43 Å². The maximum absolute atomic E-state index is 13.5. The Morgan fingerprint density at radius 2 is 2.06 bits per heavy atom. The molecule has 0 unspecified atom stereocenters. The number of aryl methyl sites for hydroxylation is 2. The lowest BCUT2D eigenvalue weighted by atomic mass is 9.92. The minimum Gasteiger partial charge on any atom is -0.323 e. The average Bonchev–Trinajstić information content (AvgIpc) is 2.36. The van der Waals surface area contributed by atoms with E-state index in [0.717, 1.165) is 59.1 Å². The standard InChI is InChI=1S/C14H16FN3/c1-8-6-9(15)7-11-13(8)17-12-5-3-2-4-10(12)14(11)18-16/h6-7H,2-5,16H2,1H3,(H,17,18). The zero-order valence-electron chi connectivity index (χ0n) is 10.4. The molecule has 94 valence electrons. The largest absolute Gasteiger partial charge is 0.323 e. The zero-order valence-corrected chi connectivity index (χ0v) is 10.4. The van der Waals surface area contributed by atoms with Gasteiger partial charge in [-0.05, 0) is 55.9 Å². The lowest BCUT2D eigenvalue weighted by Crippen LogP contribution is -2.15. The molecule has 0 amide bonds. The Morgan fingerprint density at radius 3 is 2.83 bits per heavy atom. The van der Waals surface area contributed by atoms with Gasteiger partial charge in [0.05, 0.1) is 11.2 Å². The second kappa shape index (κ2) is 4.21. The minimum atomic E-state index is -0.242. The summed E-state index contributed by atoms with van der Waals surface area (Å²) in [6, 6.07) is 3.03. The van der Waals surface area contributed by atoms with Crippen molar-refractivity contribution in [2.75, 3.05) is 5.43 Å². The molecule has 3 N–H and O–H groups in total. The van der Waals surface area contributed by atoms with Crippen LogP contribution >= 0.6 is 0 Å². The Morgan fingerprint density at radius 1 is 1.28 bits per heavy atom. The van der Waals surface area contributed by atoms with Crippen molar-refractivity contribution >= 4 is 16.6 Å². The molecule has 0 aliphatic heterocycles. The first-order chi connectivity index (χ1) is 8.70. The van der Waals surface area contributed by atoms with Crippen LogP contribution in [0.1, 0.15) is 29.7 Å². The number of hydrogen-bond acceptors (Lipinski definition) is 3. The van der Waals surface area contributed by atoms with E-state index in [4.69, 9.17) is 10.8 Å². The monoisotopic (exact) mass is 245 g/mol. The van der Waals surface area contributed by atoms with Crippen molar-refractivity contribution in [2.24, 2.45) is 5.84 Å². The number of nitrogens with zero attached hydrogens (tertiary/aromatic N) is 1. The summed E-state index contributed by atoms with van der Waals surface area (Å²) in [5.41, 5.74) is 7.56. The summed E-state index contributed by atoms with van der Waals surface area (Å²) in [4.78, 5) is 4.70. The van der Waals surface area contributed by atoms with Gasteiger partial charge in [-0.15, -0.1) is 0 Å². The molecular formula is C14H16FN3. The molecule has 0 spiro atoms. The molecule has 0 bridgehead atoms. The Balaban J connectivity index is 2.40. The number of aromatic nitrogens is 1. The first-order valence-electron chi connectivity index (χ1n) is 6.29. The van der Waals surface area contributed by atoms with Crippen molar-refractivity contribution in [3.05, 3.63) is 34.8 Å². The molecule has 4 heteroatoms. The number of fused-ring (bicyclic) bond motifs is 2. The quantitative estimate of drug-likeness (QED) is 0.600. The highest BCUT2D eigenvalue weighted by Crippen LogP contribution is 2.34. The summed E-state index contributed by atoms with van der Waals surface area (Å²) in [5, 5.41) is 0.788. The molecule has 0 saturated carbocycles. The number of hydrazine groups is 1. The van der Waals surface area contributed by atoms with Crippen LogP contribution in [0.4, 0.5) is 10.1 Å². The van der Waals surface area contributed by atoms with Gasteiger partial charge in [0.15, 0.2) is 0 Å². The third-order valence-electron chi connectivity index (χ3n) is 3.67. The van der Waals surface area contributed by atoms with Crippen LogP contribution in [-0.2, 0) is 12.8 Å². The SMILES string of the molecule is Cc1cc(F)cc2c(NN)c3c(nc12)CCCC3. The summed E-state index contributed by atoms with van der Waals surface area (Å²) >= 11 is 0. The fourth-order valence-electron chi connectivity index (χ4n) is 2.82. The Hall–Kier alpha value is -1.68. The van der Waals surface area contributed by atoms with Crippen LogP contribution < -0.4 is 11.3 Å². The van der Waals surface area contributed by atoms with Crippen LogP contribution in [0.15, 0.2) is 12.1 Å². The van der Waals surface area contributed by atoms with Gasteiger partial charge in [-0.3, -0.25) is 10.8 Å². The summed E-state index contributed by atoms with van der Waals surface area (Å²) in [6.45, 7) is 1.88. The van der Waals surface area contributed by atoms with Gasteiger partial charge >= 0.3 is 0 Å². The van der Waals surface area contributed by atoms with Crippen LogP contribution in [0, 0.1) is 12.7 Å². The maximum atomic E-state index is 13.5. The van der Waals surface area contributed by atoms with Gasteiger partial charge in [-0.1, -0.05) is 0 Å². The highest BCUT2D eigenvalue weighted by Gasteiger charge is 2.18. The van der Waals surface area contributed by atoms with Crippen LogP contribution in [0.2, 0.25) is 0 Å². The Kier molecular flexibility index (Phi) is 2.67. The maximum Gasteiger partial charge on any atom is 0.124 e. The second-order valence-corrected chi connectivity index (χ2v) is 4.88. The van der Waals surface area contributed by atoms with E-state index in [1.807, 2.05) is 6.92 Å². The molecule has 1 aliphatic carbocycles. The van der Waals surface area contributed by atoms with Gasteiger partial charge in [0.2, 0.25) is 0 Å². The number of rotatable bonds is 1. The van der Waals surface area contributed by atoms with Crippen molar-refractivity contribution in [1.82, 2.24) is 4.98 Å². The van der Waals surface area contributed by atoms with Gasteiger partial charge in [-0.2, -0.15) is 0 Å². The first-order valence-corrected chi connectivity index (χ1v) is 6.29. The van der Waals surface area contributed by atoms with E-state index in [1.54, 1.807) is 0 Å².